The van der Waals surface area contributed by atoms with E-state index in [2.05, 4.69) is 15.1 Å². The zero-order valence-corrected chi connectivity index (χ0v) is 13.0. The Kier molecular flexibility index (Phi) is 3.16. The monoisotopic (exact) mass is 323 g/mol. The maximum atomic E-state index is 12.9. The predicted molar refractivity (Wildman–Crippen MR) is 87.0 cm³/mol. The average Bonchev–Trinajstić information content (AvgIpc) is 3.10. The lowest BCUT2D eigenvalue weighted by molar-refractivity contribution is 0.394. The molecule has 0 aliphatic heterocycles. The Morgan fingerprint density at radius 1 is 1.04 bits per heavy atom. The first-order valence-corrected chi connectivity index (χ1v) is 7.15. The number of ether oxygens (including phenoxy) is 2. The number of pyridine rings is 1. The van der Waals surface area contributed by atoms with Gasteiger partial charge in [0.05, 0.1) is 30.8 Å². The highest BCUT2D eigenvalue weighted by Gasteiger charge is 2.11. The van der Waals surface area contributed by atoms with Gasteiger partial charge in [0, 0.05) is 30.6 Å². The molecular formula is C16H13N5O3. The van der Waals surface area contributed by atoms with Crippen molar-refractivity contribution < 1.29 is 9.47 Å². The van der Waals surface area contributed by atoms with Crippen LogP contribution in [-0.4, -0.2) is 38.4 Å². The van der Waals surface area contributed by atoms with E-state index in [0.29, 0.717) is 33.9 Å². The lowest BCUT2D eigenvalue weighted by Gasteiger charge is -2.11. The van der Waals surface area contributed by atoms with Crippen LogP contribution in [0.2, 0.25) is 0 Å². The molecule has 0 N–H and O–H groups in total. The third-order valence-electron chi connectivity index (χ3n) is 3.79. The zero-order valence-electron chi connectivity index (χ0n) is 13.0. The smallest absolute Gasteiger partial charge is 0.266 e. The maximum absolute atomic E-state index is 12.9. The molecule has 8 nitrogen and oxygen atoms in total. The molecule has 0 aliphatic carbocycles. The molecule has 0 saturated heterocycles. The number of hydrogen-bond acceptors (Lipinski definition) is 6. The number of fused-ring (bicyclic) bond motifs is 3. The van der Waals surface area contributed by atoms with Crippen LogP contribution in [0.5, 0.6) is 11.5 Å². The molecule has 0 fully saturated rings. The lowest BCUT2D eigenvalue weighted by atomic mass is 10.2. The zero-order chi connectivity index (χ0) is 16.7. The molecule has 0 atom stereocenters. The molecule has 3 aromatic heterocycles. The molecule has 0 radical (unpaired) electrons. The van der Waals surface area contributed by atoms with E-state index in [4.69, 9.17) is 9.47 Å². The van der Waals surface area contributed by atoms with Gasteiger partial charge in [-0.25, -0.2) is 4.98 Å². The van der Waals surface area contributed by atoms with Crippen molar-refractivity contribution in [2.75, 3.05) is 14.2 Å². The highest BCUT2D eigenvalue weighted by molar-refractivity contribution is 5.78. The maximum Gasteiger partial charge on any atom is 0.266 e. The van der Waals surface area contributed by atoms with Crippen molar-refractivity contribution >= 4 is 16.7 Å². The highest BCUT2D eigenvalue weighted by atomic mass is 16.5. The summed E-state index contributed by atoms with van der Waals surface area (Å²) in [6.45, 7) is 0. The minimum atomic E-state index is -0.215. The van der Waals surface area contributed by atoms with Crippen LogP contribution in [0.4, 0.5) is 0 Å². The summed E-state index contributed by atoms with van der Waals surface area (Å²) in [4.78, 5) is 21.1. The molecule has 1 aromatic carbocycles. The Bertz CT molecular complexity index is 1090. The lowest BCUT2D eigenvalue weighted by Crippen LogP contribution is -2.19. The van der Waals surface area contributed by atoms with E-state index in [1.165, 1.54) is 21.6 Å². The molecule has 4 aromatic rings. The van der Waals surface area contributed by atoms with E-state index in [9.17, 15) is 4.79 Å². The number of methoxy groups -OCH3 is 2. The van der Waals surface area contributed by atoms with Crippen molar-refractivity contribution in [3.8, 4) is 17.2 Å². The van der Waals surface area contributed by atoms with E-state index in [1.54, 1.807) is 44.7 Å². The van der Waals surface area contributed by atoms with Crippen LogP contribution in [0.3, 0.4) is 0 Å². The Morgan fingerprint density at radius 3 is 2.50 bits per heavy atom. The first-order valence-electron chi connectivity index (χ1n) is 7.15. The second-order valence-electron chi connectivity index (χ2n) is 5.09. The fraction of sp³-hybridized carbons (Fsp3) is 0.125. The molecule has 0 saturated carbocycles. The Balaban J connectivity index is 1.99. The van der Waals surface area contributed by atoms with Gasteiger partial charge in [-0.2, -0.15) is 14.6 Å². The van der Waals surface area contributed by atoms with Crippen molar-refractivity contribution in [3.63, 3.8) is 0 Å². The molecule has 0 aliphatic rings. The third kappa shape index (κ3) is 2.08. The summed E-state index contributed by atoms with van der Waals surface area (Å²) in [5.74, 6) is 1.64. The van der Waals surface area contributed by atoms with Gasteiger partial charge in [-0.1, -0.05) is 0 Å². The van der Waals surface area contributed by atoms with E-state index >= 15 is 0 Å². The Labute approximate surface area is 135 Å². The van der Waals surface area contributed by atoms with Gasteiger partial charge in [0.15, 0.2) is 0 Å². The van der Waals surface area contributed by atoms with E-state index in [-0.39, 0.29) is 5.56 Å². The summed E-state index contributed by atoms with van der Waals surface area (Å²) in [6, 6.07) is 7.07. The summed E-state index contributed by atoms with van der Waals surface area (Å²) in [5.41, 5.74) is 1.07. The molecule has 0 spiro atoms. The minimum absolute atomic E-state index is 0.215. The van der Waals surface area contributed by atoms with Crippen LogP contribution < -0.4 is 15.0 Å². The van der Waals surface area contributed by atoms with Crippen LogP contribution in [0.25, 0.3) is 22.4 Å². The third-order valence-corrected chi connectivity index (χ3v) is 3.79. The number of rotatable bonds is 3. The topological polar surface area (TPSA) is 83.5 Å². The molecule has 24 heavy (non-hydrogen) atoms. The molecule has 0 unspecified atom stereocenters. The molecule has 0 bridgehead atoms. The summed E-state index contributed by atoms with van der Waals surface area (Å²) in [5, 5.41) is 4.54. The van der Waals surface area contributed by atoms with Crippen molar-refractivity contribution in [1.29, 1.82) is 0 Å². The molecule has 3 heterocycles. The quantitative estimate of drug-likeness (QED) is 0.567. The van der Waals surface area contributed by atoms with Gasteiger partial charge < -0.3 is 9.47 Å². The van der Waals surface area contributed by atoms with Crippen molar-refractivity contribution in [1.82, 2.24) is 24.1 Å². The van der Waals surface area contributed by atoms with Gasteiger partial charge >= 0.3 is 0 Å². The van der Waals surface area contributed by atoms with Gasteiger partial charge in [-0.15, -0.1) is 0 Å². The second-order valence-corrected chi connectivity index (χ2v) is 5.09. The summed E-state index contributed by atoms with van der Waals surface area (Å²) >= 11 is 0. The Morgan fingerprint density at radius 2 is 1.79 bits per heavy atom. The molecular weight excluding hydrogens is 310 g/mol. The van der Waals surface area contributed by atoms with Crippen LogP contribution >= 0.6 is 0 Å². The molecule has 120 valence electrons. The number of aromatic nitrogens is 5. The van der Waals surface area contributed by atoms with Crippen molar-refractivity contribution in [2.24, 2.45) is 0 Å². The SMILES string of the molecule is COc1cc(OC)cc(-n2ccc3c(cnc4ncnn43)c2=O)c1. The summed E-state index contributed by atoms with van der Waals surface area (Å²) < 4.78 is 13.6. The van der Waals surface area contributed by atoms with Gasteiger partial charge in [0.1, 0.15) is 17.8 Å². The molecule has 0 amide bonds. The number of benzene rings is 1. The fourth-order valence-electron chi connectivity index (χ4n) is 2.60. The summed E-state index contributed by atoms with van der Waals surface area (Å²) in [6.07, 6.45) is 4.59. The molecule has 4 rings (SSSR count). The minimum Gasteiger partial charge on any atom is -0.497 e. The van der Waals surface area contributed by atoms with E-state index in [0.717, 1.165) is 0 Å². The summed E-state index contributed by atoms with van der Waals surface area (Å²) in [7, 11) is 3.13. The van der Waals surface area contributed by atoms with Crippen LogP contribution in [0, 0.1) is 0 Å². The second kappa shape index (κ2) is 5.34. The predicted octanol–water partition coefficient (Wildman–Crippen LogP) is 1.45. The number of nitrogens with zero attached hydrogens (tertiary/aromatic N) is 5. The standard InChI is InChI=1S/C16H13N5O3/c1-23-11-5-10(6-12(7-11)24-2)20-4-3-14-13(15(20)22)8-17-16-18-9-19-21(14)16/h3-9H,1-2H3. The van der Waals surface area contributed by atoms with Crippen LogP contribution in [0.1, 0.15) is 0 Å². The van der Waals surface area contributed by atoms with Crippen LogP contribution in [-0.2, 0) is 0 Å². The van der Waals surface area contributed by atoms with Gasteiger partial charge in [0.25, 0.3) is 11.3 Å². The van der Waals surface area contributed by atoms with E-state index in [1.807, 2.05) is 0 Å². The van der Waals surface area contributed by atoms with E-state index < -0.39 is 0 Å². The van der Waals surface area contributed by atoms with Gasteiger partial charge in [-0.05, 0) is 6.07 Å². The van der Waals surface area contributed by atoms with Crippen molar-refractivity contribution in [3.05, 3.63) is 53.3 Å². The fourth-order valence-corrected chi connectivity index (χ4v) is 2.60. The number of hydrogen-bond donors (Lipinski definition) is 0. The first-order chi connectivity index (χ1) is 11.7. The van der Waals surface area contributed by atoms with Gasteiger partial charge in [-0.3, -0.25) is 9.36 Å². The normalized spacial score (nSPS) is 11.1. The van der Waals surface area contributed by atoms with Crippen molar-refractivity contribution in [2.45, 2.75) is 0 Å². The average molecular weight is 323 g/mol. The first kappa shape index (κ1) is 14.2. The molecule has 8 heteroatoms. The van der Waals surface area contributed by atoms with Crippen LogP contribution in [0.15, 0.2) is 47.8 Å². The largest absolute Gasteiger partial charge is 0.497 e. The highest BCUT2D eigenvalue weighted by Crippen LogP contribution is 2.24. The Hall–Kier alpha value is -3.42. The van der Waals surface area contributed by atoms with Gasteiger partial charge in [0.2, 0.25) is 0 Å².